The molecule has 1 aliphatic rings. The number of nitrogens with one attached hydrogen (secondary N) is 1. The van der Waals surface area contributed by atoms with Gasteiger partial charge in [0.25, 0.3) is 0 Å². The maximum Gasteiger partial charge on any atom is 0.172 e. The van der Waals surface area contributed by atoms with E-state index in [1.54, 1.807) is 11.3 Å². The normalized spacial score (nSPS) is 14.3. The van der Waals surface area contributed by atoms with Crippen molar-refractivity contribution in [2.24, 2.45) is 5.84 Å². The van der Waals surface area contributed by atoms with Crippen molar-refractivity contribution >= 4 is 17.2 Å². The lowest BCUT2D eigenvalue weighted by atomic mass is 9.96. The highest BCUT2D eigenvalue weighted by atomic mass is 32.1. The first-order valence-electron chi connectivity index (χ1n) is 6.20. The fourth-order valence-corrected chi connectivity index (χ4v) is 3.28. The van der Waals surface area contributed by atoms with Gasteiger partial charge in [0.15, 0.2) is 5.82 Å². The minimum absolute atomic E-state index is 0.794. The van der Waals surface area contributed by atoms with Crippen LogP contribution in [-0.2, 0) is 12.8 Å². The van der Waals surface area contributed by atoms with Gasteiger partial charge in [-0.25, -0.2) is 15.8 Å². The van der Waals surface area contributed by atoms with Crippen molar-refractivity contribution < 1.29 is 0 Å². The summed E-state index contributed by atoms with van der Waals surface area (Å²) in [5.74, 6) is 7.19. The molecular weight excluding hydrogens is 244 g/mol. The molecule has 3 N–H and O–H groups in total. The van der Waals surface area contributed by atoms with Crippen molar-refractivity contribution in [2.75, 3.05) is 5.43 Å². The molecule has 0 saturated carbocycles. The van der Waals surface area contributed by atoms with Gasteiger partial charge in [0.1, 0.15) is 5.82 Å². The topological polar surface area (TPSA) is 63.8 Å². The molecule has 0 aliphatic heterocycles. The van der Waals surface area contributed by atoms with Gasteiger partial charge in [0, 0.05) is 11.3 Å². The Balaban J connectivity index is 2.14. The highest BCUT2D eigenvalue weighted by Crippen LogP contribution is 2.31. The Hall–Kier alpha value is -1.46. The number of aromatic nitrogens is 2. The molecule has 0 unspecified atom stereocenters. The Morgan fingerprint density at radius 1 is 1.28 bits per heavy atom. The minimum Gasteiger partial charge on any atom is -0.308 e. The van der Waals surface area contributed by atoms with Crippen LogP contribution >= 0.6 is 11.3 Å². The van der Waals surface area contributed by atoms with E-state index in [1.165, 1.54) is 24.0 Å². The van der Waals surface area contributed by atoms with Gasteiger partial charge < -0.3 is 5.43 Å². The van der Waals surface area contributed by atoms with E-state index < -0.39 is 0 Å². The molecule has 4 nitrogen and oxygen atoms in total. The largest absolute Gasteiger partial charge is 0.308 e. The third-order valence-electron chi connectivity index (χ3n) is 3.39. The smallest absolute Gasteiger partial charge is 0.172 e. The van der Waals surface area contributed by atoms with Crippen molar-refractivity contribution in [3.05, 3.63) is 28.3 Å². The molecule has 0 saturated heterocycles. The lowest BCUT2D eigenvalue weighted by Gasteiger charge is -2.18. The summed E-state index contributed by atoms with van der Waals surface area (Å²) < 4.78 is 0. The Morgan fingerprint density at radius 2 is 2.11 bits per heavy atom. The van der Waals surface area contributed by atoms with Gasteiger partial charge in [-0.3, -0.25) is 0 Å². The number of fused-ring (bicyclic) bond motifs is 1. The summed E-state index contributed by atoms with van der Waals surface area (Å²) in [6.45, 7) is 2.09. The molecule has 2 aromatic heterocycles. The van der Waals surface area contributed by atoms with E-state index in [2.05, 4.69) is 28.8 Å². The summed E-state index contributed by atoms with van der Waals surface area (Å²) in [7, 11) is 0. The van der Waals surface area contributed by atoms with E-state index in [1.807, 2.05) is 0 Å². The molecular formula is C13H16N4S. The second kappa shape index (κ2) is 4.66. The summed E-state index contributed by atoms with van der Waals surface area (Å²) in [4.78, 5) is 10.4. The zero-order valence-corrected chi connectivity index (χ0v) is 11.2. The Kier molecular flexibility index (Phi) is 3.01. The Labute approximate surface area is 110 Å². The van der Waals surface area contributed by atoms with Gasteiger partial charge in [0.05, 0.1) is 4.88 Å². The number of hydrogen-bond donors (Lipinski definition) is 2. The summed E-state index contributed by atoms with van der Waals surface area (Å²) in [5.41, 5.74) is 6.31. The molecule has 3 rings (SSSR count). The second-order valence-electron chi connectivity index (χ2n) is 4.61. The van der Waals surface area contributed by atoms with Crippen molar-refractivity contribution in [1.82, 2.24) is 9.97 Å². The van der Waals surface area contributed by atoms with Gasteiger partial charge in [-0.1, -0.05) is 0 Å². The quantitative estimate of drug-likeness (QED) is 0.643. The van der Waals surface area contributed by atoms with Crippen molar-refractivity contribution in [2.45, 2.75) is 32.6 Å². The van der Waals surface area contributed by atoms with Gasteiger partial charge in [0.2, 0.25) is 0 Å². The molecule has 0 amide bonds. The van der Waals surface area contributed by atoms with E-state index in [9.17, 15) is 0 Å². The zero-order valence-electron chi connectivity index (χ0n) is 10.4. The van der Waals surface area contributed by atoms with Gasteiger partial charge >= 0.3 is 0 Å². The number of hydrazine groups is 1. The predicted molar refractivity (Wildman–Crippen MR) is 74.5 cm³/mol. The van der Waals surface area contributed by atoms with E-state index in [4.69, 9.17) is 10.8 Å². The number of nitrogen functional groups attached to an aromatic ring is 1. The van der Waals surface area contributed by atoms with E-state index in [0.717, 1.165) is 35.1 Å². The maximum atomic E-state index is 5.60. The molecule has 0 atom stereocenters. The van der Waals surface area contributed by atoms with E-state index >= 15 is 0 Å². The molecule has 0 bridgehead atoms. The highest BCUT2D eigenvalue weighted by molar-refractivity contribution is 7.13. The lowest BCUT2D eigenvalue weighted by molar-refractivity contribution is 0.665. The average molecular weight is 260 g/mol. The first-order valence-corrected chi connectivity index (χ1v) is 7.08. The number of rotatable bonds is 2. The third-order valence-corrected chi connectivity index (χ3v) is 4.40. The van der Waals surface area contributed by atoms with Crippen molar-refractivity contribution in [3.63, 3.8) is 0 Å². The highest BCUT2D eigenvalue weighted by Gasteiger charge is 2.18. The summed E-state index contributed by atoms with van der Waals surface area (Å²) in [6.07, 6.45) is 4.46. The molecule has 18 heavy (non-hydrogen) atoms. The minimum atomic E-state index is 0.794. The number of aryl methyl sites for hydroxylation is 2. The van der Waals surface area contributed by atoms with Crippen LogP contribution in [0.5, 0.6) is 0 Å². The van der Waals surface area contributed by atoms with Crippen LogP contribution < -0.4 is 11.3 Å². The lowest BCUT2D eigenvalue weighted by Crippen LogP contribution is -2.17. The van der Waals surface area contributed by atoms with Gasteiger partial charge in [-0.15, -0.1) is 11.3 Å². The first-order chi connectivity index (χ1) is 8.79. The standard InChI is InChI=1S/C13H16N4S/c1-8-6-7-18-11(8)13-15-10-5-3-2-4-9(10)12(16-13)17-14/h6-7H,2-5,14H2,1H3,(H,15,16,17). The van der Waals surface area contributed by atoms with Crippen LogP contribution in [0.25, 0.3) is 10.7 Å². The van der Waals surface area contributed by atoms with E-state index in [-0.39, 0.29) is 0 Å². The SMILES string of the molecule is Cc1ccsc1-c1nc2c(c(NN)n1)CCCC2. The van der Waals surface area contributed by atoms with Crippen LogP contribution in [0.1, 0.15) is 29.7 Å². The van der Waals surface area contributed by atoms with Crippen molar-refractivity contribution in [3.8, 4) is 10.7 Å². The fraction of sp³-hybridized carbons (Fsp3) is 0.385. The zero-order chi connectivity index (χ0) is 12.5. The number of hydrogen-bond acceptors (Lipinski definition) is 5. The summed E-state index contributed by atoms with van der Waals surface area (Å²) >= 11 is 1.68. The number of anilines is 1. The molecule has 2 heterocycles. The molecule has 5 heteroatoms. The predicted octanol–water partition coefficient (Wildman–Crippen LogP) is 2.68. The molecule has 0 radical (unpaired) electrons. The van der Waals surface area contributed by atoms with Crippen LogP contribution in [0.15, 0.2) is 11.4 Å². The average Bonchev–Trinajstić information content (AvgIpc) is 2.83. The first kappa shape index (κ1) is 11.6. The van der Waals surface area contributed by atoms with Gasteiger partial charge in [-0.2, -0.15) is 0 Å². The maximum absolute atomic E-state index is 5.60. The molecule has 0 aromatic carbocycles. The van der Waals surface area contributed by atoms with Crippen LogP contribution in [-0.4, -0.2) is 9.97 Å². The molecule has 1 aliphatic carbocycles. The monoisotopic (exact) mass is 260 g/mol. The van der Waals surface area contributed by atoms with Crippen molar-refractivity contribution in [1.29, 1.82) is 0 Å². The van der Waals surface area contributed by atoms with Crippen LogP contribution in [0.2, 0.25) is 0 Å². The molecule has 0 spiro atoms. The van der Waals surface area contributed by atoms with E-state index in [0.29, 0.717) is 0 Å². The Morgan fingerprint density at radius 3 is 2.83 bits per heavy atom. The fourth-order valence-electron chi connectivity index (χ4n) is 2.42. The number of thiophene rings is 1. The molecule has 2 aromatic rings. The molecule has 94 valence electrons. The van der Waals surface area contributed by atoms with Gasteiger partial charge in [-0.05, 0) is 49.6 Å². The third kappa shape index (κ3) is 1.89. The number of nitrogens with zero attached hydrogens (tertiary/aromatic N) is 2. The second-order valence-corrected chi connectivity index (χ2v) is 5.52. The number of nitrogens with two attached hydrogens (primary N) is 1. The molecule has 0 fully saturated rings. The summed E-state index contributed by atoms with van der Waals surface area (Å²) in [5, 5.41) is 2.07. The summed E-state index contributed by atoms with van der Waals surface area (Å²) in [6, 6.07) is 2.10. The van der Waals surface area contributed by atoms with Crippen LogP contribution in [0.4, 0.5) is 5.82 Å². The van der Waals surface area contributed by atoms with Crippen LogP contribution in [0.3, 0.4) is 0 Å². The van der Waals surface area contributed by atoms with Crippen LogP contribution in [0, 0.1) is 6.92 Å². The Bertz CT molecular complexity index is 559.